The highest BCUT2D eigenvalue weighted by Gasteiger charge is 2.03. The van der Waals surface area contributed by atoms with Gasteiger partial charge in [0.05, 0.1) is 0 Å². The second-order valence-electron chi connectivity index (χ2n) is 4.09. The lowest BCUT2D eigenvalue weighted by Crippen LogP contribution is -2.31. The molecule has 1 aromatic heterocycles. The Hall–Kier alpha value is -1.95. The number of carbonyl (C=O) groups excluding carboxylic acids is 2. The van der Waals surface area contributed by atoms with Crippen molar-refractivity contribution in [2.45, 2.75) is 19.4 Å². The molecule has 0 aliphatic carbocycles. The molecular formula is C13H20N4O2. The third-order valence-electron chi connectivity index (χ3n) is 2.49. The van der Waals surface area contributed by atoms with E-state index < -0.39 is 0 Å². The Morgan fingerprint density at radius 3 is 2.58 bits per heavy atom. The predicted octanol–water partition coefficient (Wildman–Crippen LogP) is -0.186. The van der Waals surface area contributed by atoms with Crippen molar-refractivity contribution in [2.75, 3.05) is 20.1 Å². The van der Waals surface area contributed by atoms with Crippen molar-refractivity contribution in [1.29, 1.82) is 0 Å². The molecule has 1 heterocycles. The Balaban J connectivity index is 2.10. The van der Waals surface area contributed by atoms with E-state index in [0.29, 0.717) is 26.1 Å². The highest BCUT2D eigenvalue weighted by molar-refractivity contribution is 5.79. The molecule has 0 saturated heterocycles. The molecule has 1 aromatic rings. The van der Waals surface area contributed by atoms with Gasteiger partial charge in [0.2, 0.25) is 11.8 Å². The summed E-state index contributed by atoms with van der Waals surface area (Å²) < 4.78 is 0. The Kier molecular flexibility index (Phi) is 7.19. The number of nitrogens with one attached hydrogen (secondary N) is 3. The molecule has 0 fully saturated rings. The summed E-state index contributed by atoms with van der Waals surface area (Å²) in [4.78, 5) is 26.8. The number of nitrogens with zero attached hydrogens (tertiary/aromatic N) is 1. The number of aromatic nitrogens is 1. The van der Waals surface area contributed by atoms with Crippen LogP contribution < -0.4 is 16.0 Å². The van der Waals surface area contributed by atoms with Crippen molar-refractivity contribution in [3.8, 4) is 0 Å². The standard InChI is InChI=1S/C13H20N4O2/c1-14-7-4-12(18)16-8-5-13(19)17-10-11-3-2-6-15-9-11/h2-3,6,9,14H,4-5,7-8,10H2,1H3,(H,16,18)(H,17,19). The Bertz CT molecular complexity index is 395. The van der Waals surface area contributed by atoms with Gasteiger partial charge < -0.3 is 16.0 Å². The summed E-state index contributed by atoms with van der Waals surface area (Å²) >= 11 is 0. The van der Waals surface area contributed by atoms with Crippen LogP contribution in [0.1, 0.15) is 18.4 Å². The lowest BCUT2D eigenvalue weighted by molar-refractivity contribution is -0.122. The summed E-state index contributed by atoms with van der Waals surface area (Å²) in [6.45, 7) is 1.46. The first-order valence-electron chi connectivity index (χ1n) is 6.29. The van der Waals surface area contributed by atoms with Gasteiger partial charge in [0, 0.05) is 44.9 Å². The van der Waals surface area contributed by atoms with Gasteiger partial charge in [-0.05, 0) is 18.7 Å². The fourth-order valence-electron chi connectivity index (χ4n) is 1.43. The van der Waals surface area contributed by atoms with E-state index in [9.17, 15) is 9.59 Å². The molecule has 104 valence electrons. The summed E-state index contributed by atoms with van der Waals surface area (Å²) in [5.41, 5.74) is 0.953. The summed E-state index contributed by atoms with van der Waals surface area (Å²) in [7, 11) is 1.79. The molecule has 2 amide bonds. The molecule has 0 bridgehead atoms. The van der Waals surface area contributed by atoms with E-state index in [-0.39, 0.29) is 18.2 Å². The maximum atomic E-state index is 11.5. The van der Waals surface area contributed by atoms with Crippen LogP contribution in [0.15, 0.2) is 24.5 Å². The molecule has 19 heavy (non-hydrogen) atoms. The van der Waals surface area contributed by atoms with E-state index in [1.54, 1.807) is 19.4 Å². The van der Waals surface area contributed by atoms with Crippen molar-refractivity contribution >= 4 is 11.8 Å². The van der Waals surface area contributed by atoms with Crippen LogP contribution in [-0.2, 0) is 16.1 Å². The van der Waals surface area contributed by atoms with E-state index in [1.807, 2.05) is 12.1 Å². The maximum absolute atomic E-state index is 11.5. The van der Waals surface area contributed by atoms with Crippen LogP contribution in [0.5, 0.6) is 0 Å². The van der Waals surface area contributed by atoms with Crippen LogP contribution in [-0.4, -0.2) is 36.9 Å². The summed E-state index contributed by atoms with van der Waals surface area (Å²) in [6.07, 6.45) is 4.10. The van der Waals surface area contributed by atoms with Gasteiger partial charge in [0.1, 0.15) is 0 Å². The Morgan fingerprint density at radius 1 is 1.16 bits per heavy atom. The van der Waals surface area contributed by atoms with Crippen LogP contribution in [0.3, 0.4) is 0 Å². The fraction of sp³-hybridized carbons (Fsp3) is 0.462. The molecule has 0 radical (unpaired) electrons. The van der Waals surface area contributed by atoms with Gasteiger partial charge in [-0.3, -0.25) is 14.6 Å². The van der Waals surface area contributed by atoms with Crippen LogP contribution in [0.4, 0.5) is 0 Å². The second-order valence-corrected chi connectivity index (χ2v) is 4.09. The number of carbonyl (C=O) groups is 2. The van der Waals surface area contributed by atoms with E-state index in [4.69, 9.17) is 0 Å². The van der Waals surface area contributed by atoms with E-state index in [1.165, 1.54) is 0 Å². The van der Waals surface area contributed by atoms with Gasteiger partial charge in [-0.1, -0.05) is 6.07 Å². The van der Waals surface area contributed by atoms with Gasteiger partial charge in [0.15, 0.2) is 0 Å². The molecule has 0 saturated carbocycles. The molecule has 3 N–H and O–H groups in total. The predicted molar refractivity (Wildman–Crippen MR) is 72.3 cm³/mol. The molecule has 0 spiro atoms. The van der Waals surface area contributed by atoms with Crippen molar-refractivity contribution in [1.82, 2.24) is 20.9 Å². The monoisotopic (exact) mass is 264 g/mol. The first-order valence-corrected chi connectivity index (χ1v) is 6.29. The van der Waals surface area contributed by atoms with Crippen LogP contribution in [0.2, 0.25) is 0 Å². The molecule has 6 heteroatoms. The normalized spacial score (nSPS) is 9.95. The first kappa shape index (κ1) is 15.1. The third kappa shape index (κ3) is 7.15. The first-order chi connectivity index (χ1) is 9.22. The van der Waals surface area contributed by atoms with E-state index in [0.717, 1.165) is 5.56 Å². The second kappa shape index (κ2) is 9.04. The van der Waals surface area contributed by atoms with Gasteiger partial charge in [0.25, 0.3) is 0 Å². The van der Waals surface area contributed by atoms with Crippen molar-refractivity contribution in [3.63, 3.8) is 0 Å². The SMILES string of the molecule is CNCCC(=O)NCCC(=O)NCc1cccnc1. The van der Waals surface area contributed by atoms with Gasteiger partial charge in [-0.25, -0.2) is 0 Å². The average Bonchev–Trinajstić information content (AvgIpc) is 2.44. The van der Waals surface area contributed by atoms with E-state index >= 15 is 0 Å². The lowest BCUT2D eigenvalue weighted by atomic mass is 10.3. The topological polar surface area (TPSA) is 83.1 Å². The third-order valence-corrected chi connectivity index (χ3v) is 2.49. The fourth-order valence-corrected chi connectivity index (χ4v) is 1.43. The van der Waals surface area contributed by atoms with Crippen LogP contribution in [0.25, 0.3) is 0 Å². The zero-order chi connectivity index (χ0) is 13.9. The smallest absolute Gasteiger partial charge is 0.222 e. The highest BCUT2D eigenvalue weighted by Crippen LogP contribution is 1.94. The van der Waals surface area contributed by atoms with Crippen LogP contribution >= 0.6 is 0 Å². The Morgan fingerprint density at radius 2 is 1.89 bits per heavy atom. The van der Waals surface area contributed by atoms with Crippen molar-refractivity contribution < 1.29 is 9.59 Å². The van der Waals surface area contributed by atoms with Crippen molar-refractivity contribution in [3.05, 3.63) is 30.1 Å². The van der Waals surface area contributed by atoms with E-state index in [2.05, 4.69) is 20.9 Å². The van der Waals surface area contributed by atoms with Gasteiger partial charge in [-0.2, -0.15) is 0 Å². The van der Waals surface area contributed by atoms with Crippen LogP contribution in [0, 0.1) is 0 Å². The van der Waals surface area contributed by atoms with Gasteiger partial charge in [-0.15, -0.1) is 0 Å². The zero-order valence-electron chi connectivity index (χ0n) is 11.1. The molecule has 0 atom stereocenters. The molecule has 0 unspecified atom stereocenters. The molecule has 0 aliphatic rings. The minimum Gasteiger partial charge on any atom is -0.356 e. The number of amides is 2. The highest BCUT2D eigenvalue weighted by atomic mass is 16.2. The largest absolute Gasteiger partial charge is 0.356 e. The molecule has 0 aliphatic heterocycles. The summed E-state index contributed by atoms with van der Waals surface area (Å²) in [5.74, 6) is -0.132. The quantitative estimate of drug-likeness (QED) is 0.608. The molecular weight excluding hydrogens is 244 g/mol. The summed E-state index contributed by atoms with van der Waals surface area (Å²) in [5, 5.41) is 8.36. The minimum absolute atomic E-state index is 0.0468. The average molecular weight is 264 g/mol. The van der Waals surface area contributed by atoms with Gasteiger partial charge >= 0.3 is 0 Å². The molecule has 0 aromatic carbocycles. The molecule has 6 nitrogen and oxygen atoms in total. The summed E-state index contributed by atoms with van der Waals surface area (Å²) in [6, 6.07) is 3.72. The number of hydrogen-bond donors (Lipinski definition) is 3. The van der Waals surface area contributed by atoms with Crippen molar-refractivity contribution in [2.24, 2.45) is 0 Å². The molecule has 1 rings (SSSR count). The lowest BCUT2D eigenvalue weighted by Gasteiger charge is -2.06. The zero-order valence-corrected chi connectivity index (χ0v) is 11.1. The minimum atomic E-state index is -0.0854. The number of pyridine rings is 1. The Labute approximate surface area is 113 Å². The number of hydrogen-bond acceptors (Lipinski definition) is 4. The number of rotatable bonds is 8. The maximum Gasteiger partial charge on any atom is 0.222 e.